The summed E-state index contributed by atoms with van der Waals surface area (Å²) in [7, 11) is 1.61. The molecule has 0 spiro atoms. The van der Waals surface area contributed by atoms with Crippen LogP contribution in [0.25, 0.3) is 0 Å². The Morgan fingerprint density at radius 2 is 2.05 bits per heavy atom. The van der Waals surface area contributed by atoms with Crippen molar-refractivity contribution in [2.75, 3.05) is 12.5 Å². The molecule has 108 valence electrons. The van der Waals surface area contributed by atoms with Gasteiger partial charge in [0.15, 0.2) is 0 Å². The fourth-order valence-corrected chi connectivity index (χ4v) is 1.94. The van der Waals surface area contributed by atoms with Gasteiger partial charge in [-0.3, -0.25) is 5.43 Å². The molecule has 0 bridgehead atoms. The average Bonchev–Trinajstić information content (AvgIpc) is 2.51. The third-order valence-electron chi connectivity index (χ3n) is 3.01. The quantitative estimate of drug-likeness (QED) is 0.484. The molecule has 0 aromatic heterocycles. The Morgan fingerprint density at radius 3 is 2.81 bits per heavy atom. The summed E-state index contributed by atoms with van der Waals surface area (Å²) in [4.78, 5) is 0. The van der Waals surface area contributed by atoms with Crippen LogP contribution in [-0.4, -0.2) is 18.4 Å². The standard InChI is InChI=1S/C17H18N2O2/c1-3-7-13-8-6-9-14(17(13)20)12-18-19-15-10-4-5-11-16(15)21-2/h3-6,8-12,19-20H,1,7H2,2H3/b18-12+. The fourth-order valence-electron chi connectivity index (χ4n) is 1.94. The lowest BCUT2D eigenvalue weighted by atomic mass is 10.1. The van der Waals surface area contributed by atoms with Crippen LogP contribution in [-0.2, 0) is 6.42 Å². The summed E-state index contributed by atoms with van der Waals surface area (Å²) in [6.45, 7) is 3.68. The number of aromatic hydroxyl groups is 1. The van der Waals surface area contributed by atoms with E-state index in [2.05, 4.69) is 17.1 Å². The first-order valence-electron chi connectivity index (χ1n) is 6.60. The van der Waals surface area contributed by atoms with Gasteiger partial charge in [0.1, 0.15) is 11.5 Å². The van der Waals surface area contributed by atoms with Gasteiger partial charge in [0.05, 0.1) is 19.0 Å². The second-order valence-corrected chi connectivity index (χ2v) is 4.42. The smallest absolute Gasteiger partial charge is 0.143 e. The Bertz CT molecular complexity index is 651. The Hall–Kier alpha value is -2.75. The van der Waals surface area contributed by atoms with E-state index in [0.717, 1.165) is 11.3 Å². The first kappa shape index (κ1) is 14.7. The number of methoxy groups -OCH3 is 1. The molecule has 0 atom stereocenters. The van der Waals surface area contributed by atoms with Gasteiger partial charge in [0, 0.05) is 5.56 Å². The van der Waals surface area contributed by atoms with E-state index in [1.807, 2.05) is 36.4 Å². The maximum atomic E-state index is 10.1. The van der Waals surface area contributed by atoms with E-state index in [-0.39, 0.29) is 5.75 Å². The summed E-state index contributed by atoms with van der Waals surface area (Å²) in [5.41, 5.74) is 5.14. The van der Waals surface area contributed by atoms with Crippen molar-refractivity contribution in [3.63, 3.8) is 0 Å². The number of benzene rings is 2. The number of nitrogens with one attached hydrogen (secondary N) is 1. The second kappa shape index (κ2) is 7.14. The number of phenolic OH excluding ortho intramolecular Hbond substituents is 1. The van der Waals surface area contributed by atoms with Gasteiger partial charge in [-0.2, -0.15) is 5.10 Å². The molecular weight excluding hydrogens is 264 g/mol. The van der Waals surface area contributed by atoms with Crippen LogP contribution < -0.4 is 10.2 Å². The van der Waals surface area contributed by atoms with Gasteiger partial charge in [-0.25, -0.2) is 0 Å². The van der Waals surface area contributed by atoms with Gasteiger partial charge in [-0.1, -0.05) is 30.3 Å². The number of ether oxygens (including phenoxy) is 1. The minimum atomic E-state index is 0.225. The number of anilines is 1. The Morgan fingerprint density at radius 1 is 1.24 bits per heavy atom. The van der Waals surface area contributed by atoms with Gasteiger partial charge in [-0.15, -0.1) is 6.58 Å². The molecule has 21 heavy (non-hydrogen) atoms. The molecule has 2 aromatic carbocycles. The van der Waals surface area contributed by atoms with Gasteiger partial charge in [0.2, 0.25) is 0 Å². The van der Waals surface area contributed by atoms with E-state index < -0.39 is 0 Å². The average molecular weight is 282 g/mol. The highest BCUT2D eigenvalue weighted by atomic mass is 16.5. The summed E-state index contributed by atoms with van der Waals surface area (Å²) >= 11 is 0. The summed E-state index contributed by atoms with van der Waals surface area (Å²) in [5, 5.41) is 14.3. The van der Waals surface area contributed by atoms with Crippen LogP contribution in [0.3, 0.4) is 0 Å². The van der Waals surface area contributed by atoms with Crippen LogP contribution in [0.15, 0.2) is 60.2 Å². The first-order chi connectivity index (χ1) is 10.3. The molecule has 4 nitrogen and oxygen atoms in total. The van der Waals surface area contributed by atoms with Gasteiger partial charge in [0.25, 0.3) is 0 Å². The molecule has 0 heterocycles. The van der Waals surface area contributed by atoms with Crippen molar-refractivity contribution < 1.29 is 9.84 Å². The Kier molecular flexibility index (Phi) is 4.99. The summed E-state index contributed by atoms with van der Waals surface area (Å²) in [6, 6.07) is 13.0. The van der Waals surface area contributed by atoms with Crippen molar-refractivity contribution >= 4 is 11.9 Å². The molecule has 0 aliphatic rings. The Balaban J connectivity index is 2.15. The molecule has 0 radical (unpaired) electrons. The molecule has 0 aliphatic heterocycles. The predicted molar refractivity (Wildman–Crippen MR) is 86.2 cm³/mol. The lowest BCUT2D eigenvalue weighted by Gasteiger charge is -2.07. The van der Waals surface area contributed by atoms with E-state index in [1.165, 1.54) is 0 Å². The molecule has 0 saturated heterocycles. The number of hydrogen-bond donors (Lipinski definition) is 2. The third kappa shape index (κ3) is 3.63. The van der Waals surface area contributed by atoms with E-state index in [1.54, 1.807) is 25.5 Å². The topological polar surface area (TPSA) is 53.9 Å². The number of rotatable bonds is 6. The number of hydrogen-bond acceptors (Lipinski definition) is 4. The minimum Gasteiger partial charge on any atom is -0.507 e. The lowest BCUT2D eigenvalue weighted by Crippen LogP contribution is -1.95. The zero-order valence-corrected chi connectivity index (χ0v) is 11.9. The highest BCUT2D eigenvalue weighted by Crippen LogP contribution is 2.24. The van der Waals surface area contributed by atoms with E-state index >= 15 is 0 Å². The van der Waals surface area contributed by atoms with Crippen LogP contribution in [0.4, 0.5) is 5.69 Å². The minimum absolute atomic E-state index is 0.225. The van der Waals surface area contributed by atoms with Crippen molar-refractivity contribution in [2.24, 2.45) is 5.10 Å². The number of nitrogens with zero attached hydrogens (tertiary/aromatic N) is 1. The SMILES string of the molecule is C=CCc1cccc(/C=N/Nc2ccccc2OC)c1O. The Labute approximate surface area is 124 Å². The van der Waals surface area contributed by atoms with Crippen LogP contribution in [0, 0.1) is 0 Å². The molecule has 2 aromatic rings. The second-order valence-electron chi connectivity index (χ2n) is 4.42. The van der Waals surface area contributed by atoms with E-state index in [0.29, 0.717) is 17.7 Å². The van der Waals surface area contributed by atoms with Gasteiger partial charge < -0.3 is 9.84 Å². The van der Waals surface area contributed by atoms with Crippen LogP contribution in [0.1, 0.15) is 11.1 Å². The predicted octanol–water partition coefficient (Wildman–Crippen LogP) is 3.58. The number of hydrazone groups is 1. The summed E-state index contributed by atoms with van der Waals surface area (Å²) < 4.78 is 5.23. The maximum absolute atomic E-state index is 10.1. The monoisotopic (exact) mass is 282 g/mol. The highest BCUT2D eigenvalue weighted by Gasteiger charge is 2.04. The molecule has 0 fully saturated rings. The number of para-hydroxylation sites is 3. The zero-order valence-electron chi connectivity index (χ0n) is 11.9. The van der Waals surface area contributed by atoms with Crippen molar-refractivity contribution in [2.45, 2.75) is 6.42 Å². The van der Waals surface area contributed by atoms with E-state index in [9.17, 15) is 5.11 Å². The summed E-state index contributed by atoms with van der Waals surface area (Å²) in [5.74, 6) is 0.933. The van der Waals surface area contributed by atoms with Crippen LogP contribution in [0.5, 0.6) is 11.5 Å². The van der Waals surface area contributed by atoms with Crippen molar-refractivity contribution in [3.8, 4) is 11.5 Å². The molecule has 4 heteroatoms. The molecule has 0 saturated carbocycles. The van der Waals surface area contributed by atoms with Gasteiger partial charge >= 0.3 is 0 Å². The first-order valence-corrected chi connectivity index (χ1v) is 6.60. The van der Waals surface area contributed by atoms with Crippen LogP contribution >= 0.6 is 0 Å². The number of allylic oxidation sites excluding steroid dienone is 1. The number of phenols is 1. The van der Waals surface area contributed by atoms with Crippen molar-refractivity contribution in [3.05, 3.63) is 66.2 Å². The van der Waals surface area contributed by atoms with E-state index in [4.69, 9.17) is 4.74 Å². The van der Waals surface area contributed by atoms with Gasteiger partial charge in [-0.05, 0) is 30.2 Å². The zero-order chi connectivity index (χ0) is 15.1. The molecule has 0 unspecified atom stereocenters. The normalized spacial score (nSPS) is 10.5. The maximum Gasteiger partial charge on any atom is 0.143 e. The van der Waals surface area contributed by atoms with Crippen molar-refractivity contribution in [1.82, 2.24) is 0 Å². The molecular formula is C17H18N2O2. The van der Waals surface area contributed by atoms with Crippen LogP contribution in [0.2, 0.25) is 0 Å². The molecule has 0 amide bonds. The lowest BCUT2D eigenvalue weighted by molar-refractivity contribution is 0.416. The fraction of sp³-hybridized carbons (Fsp3) is 0.118. The highest BCUT2D eigenvalue weighted by molar-refractivity contribution is 5.84. The largest absolute Gasteiger partial charge is 0.507 e. The third-order valence-corrected chi connectivity index (χ3v) is 3.01. The molecule has 2 N–H and O–H groups in total. The van der Waals surface area contributed by atoms with Crippen molar-refractivity contribution in [1.29, 1.82) is 0 Å². The molecule has 2 rings (SSSR count). The summed E-state index contributed by atoms with van der Waals surface area (Å²) in [6.07, 6.45) is 3.95. The molecule has 0 aliphatic carbocycles.